The van der Waals surface area contributed by atoms with Crippen LogP contribution in [0.25, 0.3) is 17.2 Å². The number of hydrogen-bond acceptors (Lipinski definition) is 6. The fraction of sp³-hybridized carbons (Fsp3) is 0.375. The second-order valence-corrected chi connectivity index (χ2v) is 9.12. The molecule has 6 rings (SSSR count). The maximum Gasteiger partial charge on any atom is 0.153 e. The third-order valence-corrected chi connectivity index (χ3v) is 7.24. The summed E-state index contributed by atoms with van der Waals surface area (Å²) < 4.78 is 7.71. The molecule has 0 bridgehead atoms. The van der Waals surface area contributed by atoms with Gasteiger partial charge in [-0.15, -0.1) is 0 Å². The Kier molecular flexibility index (Phi) is 3.91. The number of fused-ring (bicyclic) bond motifs is 4. The predicted octanol–water partition coefficient (Wildman–Crippen LogP) is 4.20. The molecule has 31 heavy (non-hydrogen) atoms. The van der Waals surface area contributed by atoms with Crippen LogP contribution in [-0.4, -0.2) is 29.9 Å². The molecule has 7 heteroatoms. The Labute approximate surface area is 180 Å². The minimum atomic E-state index is -0.101. The van der Waals surface area contributed by atoms with Crippen LogP contribution in [0.2, 0.25) is 0 Å². The van der Waals surface area contributed by atoms with Gasteiger partial charge in [0.2, 0.25) is 0 Å². The molecule has 0 radical (unpaired) electrons. The first kappa shape index (κ1) is 18.4. The quantitative estimate of drug-likeness (QED) is 0.491. The number of aromatic nitrogens is 6. The summed E-state index contributed by atoms with van der Waals surface area (Å²) >= 11 is 0. The van der Waals surface area contributed by atoms with Crippen molar-refractivity contribution in [2.45, 2.75) is 51.4 Å². The van der Waals surface area contributed by atoms with Gasteiger partial charge in [0.15, 0.2) is 5.82 Å². The summed E-state index contributed by atoms with van der Waals surface area (Å²) in [7, 11) is 0. The molecule has 156 valence electrons. The zero-order chi connectivity index (χ0) is 21.2. The zero-order valence-corrected chi connectivity index (χ0v) is 17.9. The van der Waals surface area contributed by atoms with E-state index in [9.17, 15) is 0 Å². The van der Waals surface area contributed by atoms with Crippen molar-refractivity contribution in [2.75, 3.05) is 0 Å². The molecule has 0 N–H and O–H groups in total. The number of hydrogen-bond donors (Lipinski definition) is 0. The van der Waals surface area contributed by atoms with Crippen LogP contribution >= 0.6 is 0 Å². The van der Waals surface area contributed by atoms with E-state index >= 15 is 0 Å². The largest absolute Gasteiger partial charge is 0.361 e. The van der Waals surface area contributed by atoms with Gasteiger partial charge < -0.3 is 4.52 Å². The molecule has 0 aromatic carbocycles. The molecule has 4 heterocycles. The van der Waals surface area contributed by atoms with Crippen LogP contribution in [0, 0.1) is 12.8 Å². The first-order valence-corrected chi connectivity index (χ1v) is 10.8. The normalized spacial score (nSPS) is 24.4. The standard InChI is InChI=1S/C24H24N6O/c1-14-4-7-20(26-11-14)30-23-17(21(29-30)19-8-9-25-13-27-19)5-6-18-15(2)22-16(12-28-31-22)10-24(18,23)3/h4,7-9,11-13,15,18H,5-6,10H2,1-3H3/t15-,18-,24-/m1/s1. The lowest BCUT2D eigenvalue weighted by molar-refractivity contribution is 0.170. The van der Waals surface area contributed by atoms with Gasteiger partial charge in [0.05, 0.1) is 17.6 Å². The maximum atomic E-state index is 5.65. The van der Waals surface area contributed by atoms with E-state index in [1.807, 2.05) is 18.5 Å². The first-order valence-electron chi connectivity index (χ1n) is 10.8. The van der Waals surface area contributed by atoms with E-state index in [2.05, 4.69) is 52.7 Å². The number of rotatable bonds is 2. The van der Waals surface area contributed by atoms with Crippen LogP contribution < -0.4 is 0 Å². The molecule has 0 saturated heterocycles. The molecule has 7 nitrogen and oxygen atoms in total. The van der Waals surface area contributed by atoms with E-state index in [0.29, 0.717) is 11.8 Å². The number of pyridine rings is 1. The van der Waals surface area contributed by atoms with E-state index in [1.165, 1.54) is 16.8 Å². The van der Waals surface area contributed by atoms with Gasteiger partial charge in [0.25, 0.3) is 0 Å². The van der Waals surface area contributed by atoms with Crippen molar-refractivity contribution < 1.29 is 4.52 Å². The van der Waals surface area contributed by atoms with Crippen LogP contribution in [0.4, 0.5) is 0 Å². The average molecular weight is 412 g/mol. The van der Waals surface area contributed by atoms with Crippen molar-refractivity contribution >= 4 is 0 Å². The Morgan fingerprint density at radius 3 is 2.84 bits per heavy atom. The Bertz CT molecular complexity index is 1260. The Morgan fingerprint density at radius 2 is 2.06 bits per heavy atom. The molecule has 2 aliphatic rings. The summed E-state index contributed by atoms with van der Waals surface area (Å²) in [6.07, 6.45) is 10.1. The molecule has 4 aromatic rings. The monoisotopic (exact) mass is 412 g/mol. The highest BCUT2D eigenvalue weighted by molar-refractivity contribution is 5.63. The minimum Gasteiger partial charge on any atom is -0.361 e. The van der Waals surface area contributed by atoms with E-state index in [0.717, 1.165) is 47.8 Å². The second kappa shape index (κ2) is 6.57. The van der Waals surface area contributed by atoms with Crippen LogP contribution in [0.5, 0.6) is 0 Å². The summed E-state index contributed by atoms with van der Waals surface area (Å²) in [4.78, 5) is 13.3. The zero-order valence-electron chi connectivity index (χ0n) is 17.9. The van der Waals surface area contributed by atoms with E-state index in [1.54, 1.807) is 12.5 Å². The predicted molar refractivity (Wildman–Crippen MR) is 115 cm³/mol. The van der Waals surface area contributed by atoms with E-state index in [4.69, 9.17) is 14.6 Å². The van der Waals surface area contributed by atoms with E-state index in [-0.39, 0.29) is 5.41 Å². The summed E-state index contributed by atoms with van der Waals surface area (Å²) in [5.74, 6) is 2.63. The lowest BCUT2D eigenvalue weighted by Gasteiger charge is -2.47. The van der Waals surface area contributed by atoms with E-state index < -0.39 is 0 Å². The topological polar surface area (TPSA) is 82.5 Å². The summed E-state index contributed by atoms with van der Waals surface area (Å²) in [5, 5.41) is 9.21. The van der Waals surface area contributed by atoms with Gasteiger partial charge >= 0.3 is 0 Å². The first-order chi connectivity index (χ1) is 15.1. The third-order valence-electron chi connectivity index (χ3n) is 7.24. The molecule has 0 saturated carbocycles. The number of aryl methyl sites for hydroxylation is 1. The fourth-order valence-electron chi connectivity index (χ4n) is 5.83. The molecule has 0 unspecified atom stereocenters. The summed E-state index contributed by atoms with van der Waals surface area (Å²) in [6.45, 7) is 6.70. The molecule has 0 fully saturated rings. The van der Waals surface area contributed by atoms with Crippen molar-refractivity contribution in [2.24, 2.45) is 5.92 Å². The molecule has 0 spiro atoms. The number of nitrogens with zero attached hydrogens (tertiary/aromatic N) is 6. The molecule has 2 aliphatic carbocycles. The molecular formula is C24H24N6O. The lowest BCUT2D eigenvalue weighted by Crippen LogP contribution is -2.45. The van der Waals surface area contributed by atoms with Crippen molar-refractivity contribution in [3.8, 4) is 17.2 Å². The van der Waals surface area contributed by atoms with Crippen LogP contribution in [0.1, 0.15) is 54.3 Å². The molecule has 0 aliphatic heterocycles. The van der Waals surface area contributed by atoms with Gasteiger partial charge in [-0.3, -0.25) is 0 Å². The Morgan fingerprint density at radius 1 is 1.16 bits per heavy atom. The smallest absolute Gasteiger partial charge is 0.153 e. The van der Waals surface area contributed by atoms with Gasteiger partial charge in [0, 0.05) is 34.9 Å². The Hall–Kier alpha value is -3.35. The van der Waals surface area contributed by atoms with Gasteiger partial charge in [-0.25, -0.2) is 19.6 Å². The summed E-state index contributed by atoms with van der Waals surface area (Å²) in [6, 6.07) is 6.08. The SMILES string of the molecule is Cc1ccc(-n2nc(-c3ccncn3)c3c2[C@]2(C)Cc4cnoc4[C@H](C)[C@H]2CC3)nc1. The Balaban J connectivity index is 1.61. The molecule has 4 aromatic heterocycles. The van der Waals surface area contributed by atoms with Crippen molar-refractivity contribution in [1.29, 1.82) is 0 Å². The van der Waals surface area contributed by atoms with Gasteiger partial charge in [-0.1, -0.05) is 25.1 Å². The molecule has 0 amide bonds. The third kappa shape index (κ3) is 2.62. The van der Waals surface area contributed by atoms with Crippen molar-refractivity contribution in [3.63, 3.8) is 0 Å². The second-order valence-electron chi connectivity index (χ2n) is 9.12. The highest BCUT2D eigenvalue weighted by atomic mass is 16.5. The maximum absolute atomic E-state index is 5.65. The van der Waals surface area contributed by atoms with Gasteiger partial charge in [-0.2, -0.15) is 5.10 Å². The minimum absolute atomic E-state index is 0.101. The highest BCUT2D eigenvalue weighted by Crippen LogP contribution is 2.55. The fourth-order valence-corrected chi connectivity index (χ4v) is 5.83. The van der Waals surface area contributed by atoms with Gasteiger partial charge in [0.1, 0.15) is 17.8 Å². The molecule has 3 atom stereocenters. The summed E-state index contributed by atoms with van der Waals surface area (Å²) in [5.41, 5.74) is 6.53. The van der Waals surface area contributed by atoms with Crippen LogP contribution in [-0.2, 0) is 18.3 Å². The molecular weight excluding hydrogens is 388 g/mol. The lowest BCUT2D eigenvalue weighted by atomic mass is 9.56. The van der Waals surface area contributed by atoms with Crippen molar-refractivity contribution in [1.82, 2.24) is 29.9 Å². The highest BCUT2D eigenvalue weighted by Gasteiger charge is 2.51. The van der Waals surface area contributed by atoms with Crippen LogP contribution in [0.3, 0.4) is 0 Å². The van der Waals surface area contributed by atoms with Crippen molar-refractivity contribution in [3.05, 3.63) is 71.3 Å². The average Bonchev–Trinajstić information content (AvgIpc) is 3.40. The van der Waals surface area contributed by atoms with Gasteiger partial charge in [-0.05, 0) is 49.8 Å². The van der Waals surface area contributed by atoms with Crippen LogP contribution in [0.15, 0.2) is 47.6 Å².